The topological polar surface area (TPSA) is 72.9 Å². The first-order chi connectivity index (χ1) is 13.5. The second-order valence-electron chi connectivity index (χ2n) is 7.38. The van der Waals surface area contributed by atoms with E-state index in [9.17, 15) is 13.2 Å². The predicted molar refractivity (Wildman–Crippen MR) is 112 cm³/mol. The molecule has 0 aliphatic heterocycles. The molecule has 0 bridgehead atoms. The maximum atomic E-state index is 13.1. The van der Waals surface area contributed by atoms with Crippen LogP contribution in [-0.2, 0) is 14.8 Å². The molecule has 0 aliphatic carbocycles. The van der Waals surface area contributed by atoms with Crippen LogP contribution >= 0.6 is 0 Å². The Kier molecular flexibility index (Phi) is 6.60. The van der Waals surface area contributed by atoms with Gasteiger partial charge in [-0.25, -0.2) is 13.2 Å². The molecule has 1 atom stereocenters. The summed E-state index contributed by atoms with van der Waals surface area (Å²) in [4.78, 5) is 12.5. The van der Waals surface area contributed by atoms with Crippen LogP contribution in [0.5, 0.6) is 5.75 Å². The molecule has 6 nitrogen and oxygen atoms in total. The Morgan fingerprint density at radius 1 is 1.03 bits per heavy atom. The van der Waals surface area contributed by atoms with E-state index in [0.717, 1.165) is 16.9 Å². The third-order valence-electron chi connectivity index (χ3n) is 4.00. The van der Waals surface area contributed by atoms with Gasteiger partial charge in [0.15, 0.2) is 0 Å². The first-order valence-corrected chi connectivity index (χ1v) is 10.4. The molecular weight excluding hydrogens is 390 g/mol. The lowest BCUT2D eigenvalue weighted by Gasteiger charge is -2.28. The fraction of sp³-hybridized carbons (Fsp3) is 0.318. The number of carbonyl (C=O) groups excluding carboxylic acids is 1. The number of hydrogen-bond acceptors (Lipinski definition) is 5. The second-order valence-corrected chi connectivity index (χ2v) is 9.19. The van der Waals surface area contributed by atoms with Gasteiger partial charge in [-0.3, -0.25) is 0 Å². The van der Waals surface area contributed by atoms with E-state index in [-0.39, 0.29) is 4.90 Å². The zero-order valence-corrected chi connectivity index (χ0v) is 18.0. The van der Waals surface area contributed by atoms with Gasteiger partial charge in [-0.05, 0) is 63.1 Å². The van der Waals surface area contributed by atoms with Crippen molar-refractivity contribution in [2.24, 2.45) is 0 Å². The lowest BCUT2D eigenvalue weighted by atomic mass is 10.1. The van der Waals surface area contributed by atoms with Crippen LogP contribution in [0.25, 0.3) is 11.1 Å². The standard InChI is InChI=1S/C22H25NO5S/c1-7-16(2)23(21(24)28-22(3,4)5)29(25,26)20-14-10-18(11-15-20)17-8-12-19(27-6)13-9-17/h1,8-16H,2-6H3. The fourth-order valence-electron chi connectivity index (χ4n) is 2.56. The lowest BCUT2D eigenvalue weighted by Crippen LogP contribution is -2.45. The first kappa shape index (κ1) is 22.3. The van der Waals surface area contributed by atoms with E-state index in [0.29, 0.717) is 4.31 Å². The highest BCUT2D eigenvalue weighted by atomic mass is 32.2. The van der Waals surface area contributed by atoms with Gasteiger partial charge in [0.05, 0.1) is 12.0 Å². The van der Waals surface area contributed by atoms with Crippen molar-refractivity contribution in [1.82, 2.24) is 4.31 Å². The minimum absolute atomic E-state index is 0.0530. The molecule has 1 amide bonds. The minimum Gasteiger partial charge on any atom is -0.497 e. The molecule has 0 N–H and O–H groups in total. The molecule has 29 heavy (non-hydrogen) atoms. The number of ether oxygens (including phenoxy) is 2. The van der Waals surface area contributed by atoms with Gasteiger partial charge in [-0.2, -0.15) is 4.31 Å². The van der Waals surface area contributed by atoms with Gasteiger partial charge in [0.1, 0.15) is 17.4 Å². The molecular formula is C22H25NO5S. The fourth-order valence-corrected chi connectivity index (χ4v) is 3.97. The zero-order valence-electron chi connectivity index (χ0n) is 17.2. The molecule has 0 heterocycles. The summed E-state index contributed by atoms with van der Waals surface area (Å²) in [5, 5.41) is 0. The van der Waals surface area contributed by atoms with Crippen molar-refractivity contribution in [3.05, 3.63) is 48.5 Å². The Bertz CT molecular complexity index is 997. The van der Waals surface area contributed by atoms with Crippen LogP contribution in [-0.4, -0.2) is 37.6 Å². The molecule has 0 saturated heterocycles. The van der Waals surface area contributed by atoms with Crippen LogP contribution in [0, 0.1) is 12.3 Å². The van der Waals surface area contributed by atoms with Crippen LogP contribution in [0.15, 0.2) is 53.4 Å². The number of nitrogens with zero attached hydrogens (tertiary/aromatic N) is 1. The van der Waals surface area contributed by atoms with Crippen molar-refractivity contribution < 1.29 is 22.7 Å². The van der Waals surface area contributed by atoms with Gasteiger partial charge in [0, 0.05) is 0 Å². The summed E-state index contributed by atoms with van der Waals surface area (Å²) in [6.45, 7) is 6.41. The molecule has 7 heteroatoms. The molecule has 2 aromatic carbocycles. The average Bonchev–Trinajstić information content (AvgIpc) is 2.66. The smallest absolute Gasteiger partial charge is 0.425 e. The largest absolute Gasteiger partial charge is 0.497 e. The van der Waals surface area contributed by atoms with Gasteiger partial charge >= 0.3 is 6.09 Å². The van der Waals surface area contributed by atoms with Gasteiger partial charge in [0.25, 0.3) is 10.0 Å². The highest BCUT2D eigenvalue weighted by Gasteiger charge is 2.36. The summed E-state index contributed by atoms with van der Waals surface area (Å²) in [5.41, 5.74) is 0.855. The van der Waals surface area contributed by atoms with E-state index in [1.54, 1.807) is 40.0 Å². The van der Waals surface area contributed by atoms with E-state index in [2.05, 4.69) is 5.92 Å². The molecule has 0 spiro atoms. The molecule has 1 unspecified atom stereocenters. The molecule has 0 radical (unpaired) electrons. The van der Waals surface area contributed by atoms with E-state index in [1.807, 2.05) is 24.3 Å². The minimum atomic E-state index is -4.20. The quantitative estimate of drug-likeness (QED) is 0.681. The number of benzene rings is 2. The van der Waals surface area contributed by atoms with E-state index in [1.165, 1.54) is 19.1 Å². The Labute approximate surface area is 172 Å². The highest BCUT2D eigenvalue weighted by Crippen LogP contribution is 2.26. The highest BCUT2D eigenvalue weighted by molar-refractivity contribution is 7.89. The van der Waals surface area contributed by atoms with Crippen LogP contribution in [0.3, 0.4) is 0 Å². The average molecular weight is 416 g/mol. The van der Waals surface area contributed by atoms with E-state index < -0.39 is 27.8 Å². The number of terminal acetylenes is 1. The van der Waals surface area contributed by atoms with Crippen molar-refractivity contribution in [1.29, 1.82) is 0 Å². The van der Waals surface area contributed by atoms with Crippen LogP contribution in [0.2, 0.25) is 0 Å². The van der Waals surface area contributed by atoms with Crippen LogP contribution in [0.4, 0.5) is 4.79 Å². The molecule has 2 aromatic rings. The molecule has 0 fully saturated rings. The van der Waals surface area contributed by atoms with Crippen molar-refractivity contribution in [3.8, 4) is 29.2 Å². The summed E-state index contributed by atoms with van der Waals surface area (Å²) >= 11 is 0. The Balaban J connectivity index is 2.38. The summed E-state index contributed by atoms with van der Waals surface area (Å²) < 4.78 is 37.2. The Morgan fingerprint density at radius 3 is 1.93 bits per heavy atom. The van der Waals surface area contributed by atoms with Crippen molar-refractivity contribution in [2.75, 3.05) is 7.11 Å². The summed E-state index contributed by atoms with van der Waals surface area (Å²) in [6, 6.07) is 12.6. The molecule has 0 aliphatic rings. The van der Waals surface area contributed by atoms with E-state index in [4.69, 9.17) is 15.9 Å². The van der Waals surface area contributed by atoms with Crippen molar-refractivity contribution in [2.45, 2.75) is 44.2 Å². The van der Waals surface area contributed by atoms with Crippen LogP contribution in [0.1, 0.15) is 27.7 Å². The van der Waals surface area contributed by atoms with Crippen molar-refractivity contribution >= 4 is 16.1 Å². The molecule has 0 saturated carbocycles. The number of amides is 1. The lowest BCUT2D eigenvalue weighted by molar-refractivity contribution is 0.0372. The number of carbonyl (C=O) groups is 1. The van der Waals surface area contributed by atoms with Gasteiger partial charge in [-0.1, -0.05) is 30.2 Å². The normalized spacial score (nSPS) is 12.6. The monoisotopic (exact) mass is 415 g/mol. The predicted octanol–water partition coefficient (Wildman–Crippen LogP) is 4.31. The van der Waals surface area contributed by atoms with Gasteiger partial charge < -0.3 is 9.47 Å². The summed E-state index contributed by atoms with van der Waals surface area (Å²) in [6.07, 6.45) is 4.39. The Morgan fingerprint density at radius 2 is 1.52 bits per heavy atom. The number of hydrogen-bond donors (Lipinski definition) is 0. The third kappa shape index (κ3) is 5.30. The SMILES string of the molecule is C#CC(C)N(C(=O)OC(C)(C)C)S(=O)(=O)c1ccc(-c2ccc(OC)cc2)cc1. The van der Waals surface area contributed by atoms with Crippen LogP contribution < -0.4 is 4.74 Å². The maximum absolute atomic E-state index is 13.1. The first-order valence-electron chi connectivity index (χ1n) is 8.97. The maximum Gasteiger partial charge on any atom is 0.425 e. The van der Waals surface area contributed by atoms with Gasteiger partial charge in [0.2, 0.25) is 0 Å². The zero-order chi connectivity index (χ0) is 21.8. The molecule has 2 rings (SSSR count). The molecule has 154 valence electrons. The number of methoxy groups -OCH3 is 1. The molecule has 0 aromatic heterocycles. The summed E-state index contributed by atoms with van der Waals surface area (Å²) in [5.74, 6) is 3.02. The third-order valence-corrected chi connectivity index (χ3v) is 5.85. The number of rotatable bonds is 5. The van der Waals surface area contributed by atoms with Gasteiger partial charge in [-0.15, -0.1) is 6.42 Å². The Hall–Kier alpha value is -2.98. The van der Waals surface area contributed by atoms with E-state index >= 15 is 0 Å². The van der Waals surface area contributed by atoms with Crippen molar-refractivity contribution in [3.63, 3.8) is 0 Å². The second kappa shape index (κ2) is 8.58. The number of sulfonamides is 1. The summed E-state index contributed by atoms with van der Waals surface area (Å²) in [7, 11) is -2.61.